The summed E-state index contributed by atoms with van der Waals surface area (Å²) in [5.74, 6) is 1.68. The lowest BCUT2D eigenvalue weighted by molar-refractivity contribution is -0.125. The normalized spacial score (nSPS) is 14.2. The van der Waals surface area contributed by atoms with E-state index in [1.165, 1.54) is 0 Å². The molecule has 0 atom stereocenters. The number of methoxy groups -OCH3 is 1. The summed E-state index contributed by atoms with van der Waals surface area (Å²) in [5, 5.41) is 4.10. The van der Waals surface area contributed by atoms with Crippen LogP contribution in [0.4, 0.5) is 11.8 Å². The van der Waals surface area contributed by atoms with Gasteiger partial charge in [0.1, 0.15) is 11.6 Å². The number of nitrogen functional groups attached to an aromatic ring is 1. The van der Waals surface area contributed by atoms with Crippen LogP contribution >= 0.6 is 23.2 Å². The Bertz CT molecular complexity index is 1150. The first-order valence-electron chi connectivity index (χ1n) is 10.7. The highest BCUT2D eigenvalue weighted by molar-refractivity contribution is 6.35. The summed E-state index contributed by atoms with van der Waals surface area (Å²) in [6.07, 6.45) is 3.16. The van der Waals surface area contributed by atoms with E-state index in [1.54, 1.807) is 25.4 Å². The van der Waals surface area contributed by atoms with E-state index >= 15 is 0 Å². The average molecular weight is 486 g/mol. The fourth-order valence-electron chi connectivity index (χ4n) is 3.88. The second kappa shape index (κ2) is 10.3. The maximum absolute atomic E-state index is 12.6. The van der Waals surface area contributed by atoms with Crippen molar-refractivity contribution in [2.75, 3.05) is 30.8 Å². The van der Waals surface area contributed by atoms with Crippen molar-refractivity contribution in [1.29, 1.82) is 0 Å². The zero-order chi connectivity index (χ0) is 23.4. The molecule has 1 fully saturated rings. The summed E-state index contributed by atoms with van der Waals surface area (Å²) < 4.78 is 5.28. The number of carbonyl (C=O) groups excluding carboxylic acids is 1. The van der Waals surface area contributed by atoms with Crippen LogP contribution in [0.5, 0.6) is 5.75 Å². The number of rotatable bonds is 6. The van der Waals surface area contributed by atoms with Crippen LogP contribution in [0, 0.1) is 5.92 Å². The van der Waals surface area contributed by atoms with Crippen LogP contribution in [0.1, 0.15) is 18.4 Å². The van der Waals surface area contributed by atoms with E-state index in [1.807, 2.05) is 30.3 Å². The van der Waals surface area contributed by atoms with E-state index in [9.17, 15) is 4.79 Å². The molecule has 33 heavy (non-hydrogen) atoms. The van der Waals surface area contributed by atoms with Gasteiger partial charge in [0, 0.05) is 47.4 Å². The summed E-state index contributed by atoms with van der Waals surface area (Å²) >= 11 is 12.1. The molecule has 0 radical (unpaired) electrons. The topological polar surface area (TPSA) is 93.4 Å². The van der Waals surface area contributed by atoms with Gasteiger partial charge in [0.25, 0.3) is 0 Å². The van der Waals surface area contributed by atoms with Gasteiger partial charge in [-0.15, -0.1) is 0 Å². The van der Waals surface area contributed by atoms with Crippen molar-refractivity contribution in [1.82, 2.24) is 15.3 Å². The number of nitrogens with two attached hydrogens (primary N) is 1. The second-order valence-corrected chi connectivity index (χ2v) is 8.76. The van der Waals surface area contributed by atoms with Gasteiger partial charge in [0.2, 0.25) is 11.9 Å². The van der Waals surface area contributed by atoms with Crippen LogP contribution in [-0.2, 0) is 11.3 Å². The molecule has 9 heteroatoms. The number of halogens is 2. The number of nitrogens with one attached hydrogen (secondary N) is 1. The second-order valence-electron chi connectivity index (χ2n) is 7.92. The van der Waals surface area contributed by atoms with Crippen molar-refractivity contribution in [3.8, 4) is 16.9 Å². The molecule has 4 rings (SSSR count). The van der Waals surface area contributed by atoms with E-state index in [4.69, 9.17) is 33.7 Å². The molecular weight excluding hydrogens is 461 g/mol. The number of ether oxygens (including phenoxy) is 1. The zero-order valence-electron chi connectivity index (χ0n) is 18.2. The third-order valence-electron chi connectivity index (χ3n) is 5.80. The number of hydrogen-bond donors (Lipinski definition) is 2. The Balaban J connectivity index is 1.34. The summed E-state index contributed by atoms with van der Waals surface area (Å²) in [6, 6.07) is 12.9. The molecule has 0 bridgehead atoms. The lowest BCUT2D eigenvalue weighted by Gasteiger charge is -2.31. The van der Waals surface area contributed by atoms with Crippen LogP contribution in [0.2, 0.25) is 10.0 Å². The molecule has 172 valence electrons. The molecule has 2 heterocycles. The van der Waals surface area contributed by atoms with Gasteiger partial charge in [-0.3, -0.25) is 4.79 Å². The van der Waals surface area contributed by atoms with Crippen molar-refractivity contribution < 1.29 is 9.53 Å². The molecule has 1 aromatic heterocycles. The van der Waals surface area contributed by atoms with Crippen molar-refractivity contribution in [2.45, 2.75) is 19.4 Å². The van der Waals surface area contributed by atoms with Crippen molar-refractivity contribution in [2.24, 2.45) is 5.92 Å². The highest BCUT2D eigenvalue weighted by atomic mass is 35.5. The predicted octanol–water partition coefficient (Wildman–Crippen LogP) is 4.57. The first kappa shape index (κ1) is 23.1. The fraction of sp³-hybridized carbons (Fsp3) is 0.292. The van der Waals surface area contributed by atoms with Crippen molar-refractivity contribution >= 4 is 40.9 Å². The lowest BCUT2D eigenvalue weighted by Crippen LogP contribution is -2.41. The van der Waals surface area contributed by atoms with Gasteiger partial charge >= 0.3 is 0 Å². The van der Waals surface area contributed by atoms with Gasteiger partial charge in [0.05, 0.1) is 7.11 Å². The van der Waals surface area contributed by atoms with Crippen molar-refractivity contribution in [3.63, 3.8) is 0 Å². The SMILES string of the molecule is COc1cccc(-c2cnc(N3CCC(C(=O)NCc4ccc(Cl)cc4Cl)CC3)nc2N)c1. The maximum atomic E-state index is 12.6. The van der Waals surface area contributed by atoms with E-state index in [-0.39, 0.29) is 11.8 Å². The standard InChI is InChI=1S/C24H25Cl2N5O2/c1-33-19-4-2-3-16(11-19)20-14-29-24(30-22(20)27)31-9-7-15(8-10-31)23(32)28-13-17-5-6-18(25)12-21(17)26/h2-6,11-12,14-15H,7-10,13H2,1H3,(H,28,32)(H2,27,29,30). The van der Waals surface area contributed by atoms with Gasteiger partial charge in [0.15, 0.2) is 0 Å². The van der Waals surface area contributed by atoms with Crippen LogP contribution in [0.3, 0.4) is 0 Å². The monoisotopic (exact) mass is 485 g/mol. The highest BCUT2D eigenvalue weighted by Gasteiger charge is 2.26. The molecule has 0 aliphatic carbocycles. The lowest BCUT2D eigenvalue weighted by atomic mass is 9.96. The van der Waals surface area contributed by atoms with Gasteiger partial charge < -0.3 is 20.7 Å². The molecule has 1 saturated heterocycles. The Hall–Kier alpha value is -3.03. The van der Waals surface area contributed by atoms with E-state index in [0.717, 1.165) is 22.4 Å². The number of hydrogen-bond acceptors (Lipinski definition) is 6. The number of nitrogens with zero attached hydrogens (tertiary/aromatic N) is 3. The molecule has 0 saturated carbocycles. The number of aromatic nitrogens is 2. The molecular formula is C24H25Cl2N5O2. The van der Waals surface area contributed by atoms with Gasteiger partial charge in [-0.1, -0.05) is 41.4 Å². The Morgan fingerprint density at radius 1 is 1.21 bits per heavy atom. The average Bonchev–Trinajstić information content (AvgIpc) is 2.83. The number of carbonyl (C=O) groups is 1. The van der Waals surface area contributed by atoms with E-state index in [0.29, 0.717) is 54.3 Å². The summed E-state index contributed by atoms with van der Waals surface area (Å²) in [4.78, 5) is 23.7. The van der Waals surface area contributed by atoms with Crippen LogP contribution in [-0.4, -0.2) is 36.1 Å². The third-order valence-corrected chi connectivity index (χ3v) is 6.39. The molecule has 3 N–H and O–H groups in total. The quantitative estimate of drug-likeness (QED) is 0.530. The van der Waals surface area contributed by atoms with E-state index < -0.39 is 0 Å². The molecule has 1 aliphatic rings. The Morgan fingerprint density at radius 2 is 2.00 bits per heavy atom. The minimum Gasteiger partial charge on any atom is -0.497 e. The van der Waals surface area contributed by atoms with Crippen molar-refractivity contribution in [3.05, 3.63) is 64.3 Å². The van der Waals surface area contributed by atoms with Crippen LogP contribution in [0.15, 0.2) is 48.7 Å². The largest absolute Gasteiger partial charge is 0.497 e. The van der Waals surface area contributed by atoms with Gasteiger partial charge in [-0.25, -0.2) is 4.98 Å². The highest BCUT2D eigenvalue weighted by Crippen LogP contribution is 2.29. The van der Waals surface area contributed by atoms with Gasteiger partial charge in [-0.2, -0.15) is 4.98 Å². The number of piperidine rings is 1. The molecule has 0 unspecified atom stereocenters. The first-order valence-corrected chi connectivity index (χ1v) is 11.4. The van der Waals surface area contributed by atoms with Crippen LogP contribution < -0.4 is 20.7 Å². The molecule has 7 nitrogen and oxygen atoms in total. The number of amides is 1. The Labute approximate surface area is 202 Å². The summed E-state index contributed by atoms with van der Waals surface area (Å²) in [5.41, 5.74) is 8.74. The zero-order valence-corrected chi connectivity index (χ0v) is 19.7. The fourth-order valence-corrected chi connectivity index (χ4v) is 4.36. The number of anilines is 2. The Morgan fingerprint density at radius 3 is 2.70 bits per heavy atom. The molecule has 1 amide bonds. The smallest absolute Gasteiger partial charge is 0.227 e. The van der Waals surface area contributed by atoms with Gasteiger partial charge in [-0.05, 0) is 48.2 Å². The summed E-state index contributed by atoms with van der Waals surface area (Å²) in [6.45, 7) is 1.73. The van der Waals surface area contributed by atoms with Crippen LogP contribution in [0.25, 0.3) is 11.1 Å². The predicted molar refractivity (Wildman–Crippen MR) is 132 cm³/mol. The Kier molecular flexibility index (Phi) is 7.20. The third kappa shape index (κ3) is 5.49. The van der Waals surface area contributed by atoms with E-state index in [2.05, 4.69) is 20.2 Å². The molecule has 0 spiro atoms. The molecule has 3 aromatic rings. The maximum Gasteiger partial charge on any atom is 0.227 e. The summed E-state index contributed by atoms with van der Waals surface area (Å²) in [7, 11) is 1.62. The first-order chi connectivity index (χ1) is 15.9. The number of benzene rings is 2. The minimum atomic E-state index is -0.0688. The molecule has 2 aromatic carbocycles. The minimum absolute atomic E-state index is 0.0227. The molecule has 1 aliphatic heterocycles.